The summed E-state index contributed by atoms with van der Waals surface area (Å²) in [6.07, 6.45) is 11.3. The smallest absolute Gasteiger partial charge is 0.111 e. The summed E-state index contributed by atoms with van der Waals surface area (Å²) >= 11 is 0. The summed E-state index contributed by atoms with van der Waals surface area (Å²) in [5.74, 6) is 0.330. The minimum absolute atomic E-state index is 0.0496. The summed E-state index contributed by atoms with van der Waals surface area (Å²) in [7, 11) is -1.32. The summed E-state index contributed by atoms with van der Waals surface area (Å²) in [5, 5.41) is 0. The maximum Gasteiger partial charge on any atom is 0.111 e. The average Bonchev–Trinajstić information content (AvgIpc) is 3.41. The molecule has 1 aliphatic heterocycles. The maximum absolute atomic E-state index is 7.36. The first-order valence-corrected chi connectivity index (χ1v) is 18.0. The molecule has 1 saturated carbocycles. The first-order valence-electron chi connectivity index (χ1n) is 15.6. The second-order valence-electron chi connectivity index (χ2n) is 16.3. The van der Waals surface area contributed by atoms with E-state index in [1.54, 1.807) is 0 Å². The Balaban J connectivity index is 1.75. The summed E-state index contributed by atoms with van der Waals surface area (Å²) in [6.45, 7) is 23.3. The largest absolute Gasteiger partial charge is 0.358 e. The molecule has 2 unspecified atom stereocenters. The van der Waals surface area contributed by atoms with Crippen LogP contribution in [0.25, 0.3) is 0 Å². The van der Waals surface area contributed by atoms with Crippen molar-refractivity contribution >= 4 is 10.3 Å². The van der Waals surface area contributed by atoms with Crippen molar-refractivity contribution in [1.29, 1.82) is 0 Å². The lowest BCUT2D eigenvalue weighted by molar-refractivity contribution is -0.0577. The zero-order valence-electron chi connectivity index (χ0n) is 27.5. The molecule has 1 fully saturated rings. The Labute approximate surface area is 246 Å². The Hall–Kier alpha value is -1.36. The van der Waals surface area contributed by atoms with E-state index in [0.29, 0.717) is 5.92 Å². The van der Waals surface area contributed by atoms with Crippen LogP contribution in [0.5, 0.6) is 0 Å². The van der Waals surface area contributed by atoms with Crippen molar-refractivity contribution in [2.45, 2.75) is 142 Å². The molecule has 0 amide bonds. The van der Waals surface area contributed by atoms with Gasteiger partial charge in [-0.3, -0.25) is 4.98 Å². The first-order chi connectivity index (χ1) is 18.4. The summed E-state index contributed by atoms with van der Waals surface area (Å²) in [6, 6.07) is 9.25. The third kappa shape index (κ3) is 5.20. The number of benzene rings is 1. The molecule has 5 rings (SSSR count). The molecule has 0 bridgehead atoms. The van der Waals surface area contributed by atoms with Crippen molar-refractivity contribution in [1.82, 2.24) is 4.98 Å². The Morgan fingerprint density at radius 2 is 1.55 bits per heavy atom. The van der Waals surface area contributed by atoms with E-state index in [1.165, 1.54) is 52.0 Å². The van der Waals surface area contributed by atoms with Gasteiger partial charge in [-0.2, -0.15) is 0 Å². The SMILES string of the molecule is CC(C)c1nc2c(c3c1C(c1ccc(C(C)(C)C)cc1)OC31CCCC1)C(OS(C)(C)C(C)(C)C)CC(C)(C)C2. The number of rotatable bonds is 4. The predicted octanol–water partition coefficient (Wildman–Crippen LogP) is 10.2. The highest BCUT2D eigenvalue weighted by Gasteiger charge is 2.53. The molecule has 3 aliphatic rings. The summed E-state index contributed by atoms with van der Waals surface area (Å²) < 4.78 is 14.8. The van der Waals surface area contributed by atoms with Crippen LogP contribution in [0.4, 0.5) is 0 Å². The Morgan fingerprint density at radius 1 is 0.950 bits per heavy atom. The molecule has 4 heteroatoms. The monoisotopic (exact) mass is 565 g/mol. The maximum atomic E-state index is 7.36. The van der Waals surface area contributed by atoms with Gasteiger partial charge in [-0.25, -0.2) is 0 Å². The number of nitrogens with zero attached hydrogens (tertiary/aromatic N) is 1. The minimum Gasteiger partial charge on any atom is -0.358 e. The van der Waals surface area contributed by atoms with Gasteiger partial charge >= 0.3 is 0 Å². The zero-order valence-corrected chi connectivity index (χ0v) is 28.3. The zero-order chi connectivity index (χ0) is 29.5. The van der Waals surface area contributed by atoms with Crippen LogP contribution < -0.4 is 0 Å². The highest BCUT2D eigenvalue weighted by Crippen LogP contribution is 2.63. The predicted molar refractivity (Wildman–Crippen MR) is 172 cm³/mol. The molecule has 2 aliphatic carbocycles. The highest BCUT2D eigenvalue weighted by molar-refractivity contribution is 8.29. The molecule has 222 valence electrons. The van der Waals surface area contributed by atoms with Crippen LogP contribution in [-0.4, -0.2) is 22.2 Å². The average molecular weight is 566 g/mol. The molecule has 1 aromatic carbocycles. The number of hydrogen-bond acceptors (Lipinski definition) is 3. The molecular weight excluding hydrogens is 510 g/mol. The fourth-order valence-electron chi connectivity index (χ4n) is 7.06. The highest BCUT2D eigenvalue weighted by atomic mass is 32.3. The van der Waals surface area contributed by atoms with Crippen LogP contribution in [0.2, 0.25) is 0 Å². The molecule has 2 atom stereocenters. The lowest BCUT2D eigenvalue weighted by Crippen LogP contribution is -2.35. The summed E-state index contributed by atoms with van der Waals surface area (Å²) in [4.78, 5) is 5.56. The van der Waals surface area contributed by atoms with E-state index >= 15 is 0 Å². The van der Waals surface area contributed by atoms with E-state index in [2.05, 4.69) is 106 Å². The Morgan fingerprint density at radius 3 is 2.08 bits per heavy atom. The van der Waals surface area contributed by atoms with E-state index in [1.807, 2.05) is 0 Å². The van der Waals surface area contributed by atoms with Crippen LogP contribution in [0, 0.1) is 5.41 Å². The van der Waals surface area contributed by atoms with Crippen molar-refractivity contribution in [2.24, 2.45) is 5.41 Å². The van der Waals surface area contributed by atoms with E-state index in [0.717, 1.165) is 25.7 Å². The van der Waals surface area contributed by atoms with Gasteiger partial charge in [0.05, 0.1) is 11.7 Å². The second-order valence-corrected chi connectivity index (χ2v) is 20.2. The molecule has 0 saturated heterocycles. The van der Waals surface area contributed by atoms with Gasteiger partial charge in [-0.1, -0.05) is 106 Å². The third-order valence-corrected chi connectivity index (χ3v) is 13.7. The van der Waals surface area contributed by atoms with Crippen LogP contribution in [0.15, 0.2) is 24.3 Å². The lowest BCUT2D eigenvalue weighted by Gasteiger charge is -2.49. The van der Waals surface area contributed by atoms with Crippen molar-refractivity contribution in [3.63, 3.8) is 0 Å². The number of pyridine rings is 1. The number of hydrogen-bond donors (Lipinski definition) is 0. The fraction of sp³-hybridized carbons (Fsp3) is 0.694. The van der Waals surface area contributed by atoms with Crippen molar-refractivity contribution in [3.05, 3.63) is 63.5 Å². The molecule has 0 N–H and O–H groups in total. The van der Waals surface area contributed by atoms with Gasteiger partial charge in [0.25, 0.3) is 0 Å². The van der Waals surface area contributed by atoms with Gasteiger partial charge in [0.1, 0.15) is 6.10 Å². The van der Waals surface area contributed by atoms with E-state index in [-0.39, 0.29) is 33.4 Å². The summed E-state index contributed by atoms with van der Waals surface area (Å²) in [5.41, 5.74) is 9.38. The lowest BCUT2D eigenvalue weighted by atomic mass is 9.70. The molecule has 2 aromatic rings. The molecule has 0 radical (unpaired) electrons. The van der Waals surface area contributed by atoms with E-state index in [4.69, 9.17) is 13.9 Å². The topological polar surface area (TPSA) is 31.4 Å². The molecular formula is C36H55NO2S. The second kappa shape index (κ2) is 9.85. The Bertz CT molecular complexity index is 1250. The van der Waals surface area contributed by atoms with Gasteiger partial charge in [-0.05, 0) is 71.6 Å². The quantitative estimate of drug-likeness (QED) is 0.369. The minimum atomic E-state index is -1.32. The third-order valence-electron chi connectivity index (χ3n) is 10.0. The van der Waals surface area contributed by atoms with Crippen molar-refractivity contribution in [2.75, 3.05) is 12.5 Å². The molecule has 2 heterocycles. The number of aromatic nitrogens is 1. The first kappa shape index (κ1) is 30.1. The van der Waals surface area contributed by atoms with E-state index in [9.17, 15) is 0 Å². The molecule has 1 spiro atoms. The van der Waals surface area contributed by atoms with Gasteiger partial charge in [0.2, 0.25) is 0 Å². The van der Waals surface area contributed by atoms with Crippen molar-refractivity contribution < 1.29 is 8.92 Å². The van der Waals surface area contributed by atoms with Gasteiger partial charge in [0, 0.05) is 27.3 Å². The van der Waals surface area contributed by atoms with Crippen molar-refractivity contribution in [3.8, 4) is 0 Å². The standard InChI is InChI=1S/C36H55NO2S/c1-23(2)31-29-30(28-26(37-31)21-35(9,10)22-27(28)39-40(11,12)34(6,7)8)36(19-13-14-20-36)38-32(29)24-15-17-25(18-16-24)33(3,4)5/h15-18,23,27,32H,13-14,19-22H2,1-12H3. The van der Waals surface area contributed by atoms with Crippen LogP contribution in [0.1, 0.15) is 159 Å². The molecule has 3 nitrogen and oxygen atoms in total. The molecule has 40 heavy (non-hydrogen) atoms. The van der Waals surface area contributed by atoms with Crippen LogP contribution >= 0.6 is 10.3 Å². The van der Waals surface area contributed by atoms with Crippen LogP contribution in [-0.2, 0) is 26.4 Å². The van der Waals surface area contributed by atoms with Gasteiger partial charge < -0.3 is 8.92 Å². The van der Waals surface area contributed by atoms with Gasteiger partial charge in [-0.15, -0.1) is 10.3 Å². The van der Waals surface area contributed by atoms with Crippen LogP contribution in [0.3, 0.4) is 0 Å². The Kier molecular flexibility index (Phi) is 7.41. The van der Waals surface area contributed by atoms with E-state index < -0.39 is 10.3 Å². The normalized spacial score (nSPS) is 24.4. The molecule has 1 aromatic heterocycles. The fourth-order valence-corrected chi connectivity index (χ4v) is 8.09. The number of fused-ring (bicyclic) bond motifs is 4. The van der Waals surface area contributed by atoms with Gasteiger partial charge in [0.15, 0.2) is 0 Å². The number of ether oxygens (including phenoxy) is 1.